The predicted molar refractivity (Wildman–Crippen MR) is 36.0 cm³/mol. The lowest BCUT2D eigenvalue weighted by Crippen LogP contribution is -2.25. The van der Waals surface area contributed by atoms with E-state index in [2.05, 4.69) is 5.16 Å². The molecule has 0 saturated heterocycles. The minimum Gasteiger partial charge on any atom is -0.411 e. The van der Waals surface area contributed by atoms with Crippen LogP contribution < -0.4 is 0 Å². The predicted octanol–water partition coefficient (Wildman–Crippen LogP) is 0.892. The highest BCUT2D eigenvalue weighted by Gasteiger charge is 2.19. The first kappa shape index (κ1) is 8.87. The van der Waals surface area contributed by atoms with E-state index in [1.165, 1.54) is 6.92 Å². The largest absolute Gasteiger partial charge is 0.411 e. The maximum Gasteiger partial charge on any atom is 0.251 e. The number of nitrogens with zero attached hydrogens (tertiary/aromatic N) is 2. The van der Waals surface area contributed by atoms with Crippen LogP contribution in [-0.4, -0.2) is 21.9 Å². The van der Waals surface area contributed by atoms with E-state index in [-0.39, 0.29) is 5.71 Å². The molecule has 0 aromatic carbocycles. The third-order valence-corrected chi connectivity index (χ3v) is 1.29. The van der Waals surface area contributed by atoms with Gasteiger partial charge in [-0.25, -0.2) is 0 Å². The quantitative estimate of drug-likeness (QED) is 0.278. The molecule has 5 nitrogen and oxygen atoms in total. The van der Waals surface area contributed by atoms with Crippen molar-refractivity contribution in [1.82, 2.24) is 0 Å². The normalized spacial score (nSPS) is 14.8. The molecule has 0 aliphatic heterocycles. The Labute approximate surface area is 58.5 Å². The Balaban J connectivity index is 4.17. The van der Waals surface area contributed by atoms with E-state index in [9.17, 15) is 10.1 Å². The summed E-state index contributed by atoms with van der Waals surface area (Å²) in [6, 6.07) is -0.880. The molecule has 0 aromatic rings. The summed E-state index contributed by atoms with van der Waals surface area (Å²) in [7, 11) is 0. The molecule has 0 heterocycles. The molecule has 0 radical (unpaired) electrons. The fourth-order valence-electron chi connectivity index (χ4n) is 0.571. The van der Waals surface area contributed by atoms with Gasteiger partial charge < -0.3 is 5.21 Å². The van der Waals surface area contributed by atoms with Crippen LogP contribution in [-0.2, 0) is 0 Å². The van der Waals surface area contributed by atoms with Gasteiger partial charge in [0.15, 0.2) is 0 Å². The van der Waals surface area contributed by atoms with Crippen molar-refractivity contribution >= 4 is 5.71 Å². The molecule has 1 N–H and O–H groups in total. The second-order valence-corrected chi connectivity index (χ2v) is 1.91. The summed E-state index contributed by atoms with van der Waals surface area (Å²) in [5.74, 6) is 0. The van der Waals surface area contributed by atoms with Crippen molar-refractivity contribution in [3.05, 3.63) is 10.1 Å². The van der Waals surface area contributed by atoms with Gasteiger partial charge in [-0.3, -0.25) is 10.1 Å². The lowest BCUT2D eigenvalue weighted by atomic mass is 10.2. The van der Waals surface area contributed by atoms with Crippen LogP contribution >= 0.6 is 0 Å². The van der Waals surface area contributed by atoms with E-state index in [1.807, 2.05) is 0 Å². The number of nitro groups is 1. The molecular weight excluding hydrogens is 136 g/mol. The smallest absolute Gasteiger partial charge is 0.251 e. The van der Waals surface area contributed by atoms with Crippen molar-refractivity contribution < 1.29 is 10.1 Å². The maximum absolute atomic E-state index is 10.1. The van der Waals surface area contributed by atoms with Crippen molar-refractivity contribution in [3.63, 3.8) is 0 Å². The third-order valence-electron chi connectivity index (χ3n) is 1.29. The Morgan fingerprint density at radius 2 is 2.40 bits per heavy atom. The van der Waals surface area contributed by atoms with Crippen LogP contribution in [0.15, 0.2) is 5.16 Å². The molecule has 0 aliphatic rings. The van der Waals surface area contributed by atoms with Gasteiger partial charge in [-0.15, -0.1) is 0 Å². The molecule has 0 rings (SSSR count). The second kappa shape index (κ2) is 3.81. The highest BCUT2D eigenvalue weighted by atomic mass is 16.6. The average molecular weight is 146 g/mol. The Kier molecular flexibility index (Phi) is 3.38. The molecular formula is C5H10N2O3. The zero-order valence-corrected chi connectivity index (χ0v) is 5.94. The van der Waals surface area contributed by atoms with E-state index in [0.717, 1.165) is 0 Å². The number of hydrogen-bond acceptors (Lipinski definition) is 4. The molecule has 0 bridgehead atoms. The van der Waals surface area contributed by atoms with E-state index in [0.29, 0.717) is 6.42 Å². The van der Waals surface area contributed by atoms with Crippen LogP contribution in [0.5, 0.6) is 0 Å². The number of hydrogen-bond donors (Lipinski definition) is 1. The summed E-state index contributed by atoms with van der Waals surface area (Å²) < 4.78 is 0. The highest BCUT2D eigenvalue weighted by molar-refractivity contribution is 5.87. The van der Waals surface area contributed by atoms with Crippen LogP contribution in [0.3, 0.4) is 0 Å². The molecule has 0 aromatic heterocycles. The minimum absolute atomic E-state index is 0.199. The highest BCUT2D eigenvalue weighted by Crippen LogP contribution is 1.96. The Hall–Kier alpha value is -1.13. The van der Waals surface area contributed by atoms with Gasteiger partial charge in [-0.05, 0) is 6.42 Å². The maximum atomic E-state index is 10.1. The van der Waals surface area contributed by atoms with Crippen molar-refractivity contribution in [2.45, 2.75) is 26.3 Å². The SMILES string of the molecule is CCC(=NO)C(C)[N+](=O)[O-]. The Morgan fingerprint density at radius 3 is 2.50 bits per heavy atom. The molecule has 0 fully saturated rings. The van der Waals surface area contributed by atoms with Crippen molar-refractivity contribution in [2.75, 3.05) is 0 Å². The molecule has 0 aliphatic carbocycles. The number of rotatable bonds is 3. The summed E-state index contributed by atoms with van der Waals surface area (Å²) in [6.07, 6.45) is 0.401. The summed E-state index contributed by atoms with van der Waals surface area (Å²) in [4.78, 5) is 9.58. The topological polar surface area (TPSA) is 75.7 Å². The minimum atomic E-state index is -0.880. The monoisotopic (exact) mass is 146 g/mol. The van der Waals surface area contributed by atoms with Crippen molar-refractivity contribution in [3.8, 4) is 0 Å². The van der Waals surface area contributed by atoms with Crippen LogP contribution in [0, 0.1) is 10.1 Å². The molecule has 58 valence electrons. The van der Waals surface area contributed by atoms with Crippen LogP contribution in [0.1, 0.15) is 20.3 Å². The van der Waals surface area contributed by atoms with Gasteiger partial charge in [-0.2, -0.15) is 0 Å². The molecule has 1 unspecified atom stereocenters. The van der Waals surface area contributed by atoms with Gasteiger partial charge in [0.05, 0.1) is 0 Å². The first-order chi connectivity index (χ1) is 4.63. The number of oxime groups is 1. The second-order valence-electron chi connectivity index (χ2n) is 1.91. The summed E-state index contributed by atoms with van der Waals surface area (Å²) in [5.41, 5.74) is 0.199. The molecule has 10 heavy (non-hydrogen) atoms. The first-order valence-corrected chi connectivity index (χ1v) is 2.97. The fourth-order valence-corrected chi connectivity index (χ4v) is 0.571. The van der Waals surface area contributed by atoms with Crippen LogP contribution in [0.4, 0.5) is 0 Å². The summed E-state index contributed by atoms with van der Waals surface area (Å²) in [6.45, 7) is 3.09. The summed E-state index contributed by atoms with van der Waals surface area (Å²) >= 11 is 0. The van der Waals surface area contributed by atoms with E-state index >= 15 is 0 Å². The molecule has 0 amide bonds. The van der Waals surface area contributed by atoms with Gasteiger partial charge in [-0.1, -0.05) is 12.1 Å². The van der Waals surface area contributed by atoms with Gasteiger partial charge in [0.1, 0.15) is 5.71 Å². The molecule has 1 atom stereocenters. The molecule has 0 spiro atoms. The zero-order valence-electron chi connectivity index (χ0n) is 5.94. The van der Waals surface area contributed by atoms with Gasteiger partial charge in [0, 0.05) is 11.8 Å². The van der Waals surface area contributed by atoms with Crippen molar-refractivity contribution in [1.29, 1.82) is 0 Å². The fraction of sp³-hybridized carbons (Fsp3) is 0.800. The van der Waals surface area contributed by atoms with E-state index in [4.69, 9.17) is 5.21 Å². The van der Waals surface area contributed by atoms with E-state index in [1.54, 1.807) is 6.92 Å². The summed E-state index contributed by atoms with van der Waals surface area (Å²) in [5, 5.41) is 21.1. The van der Waals surface area contributed by atoms with Gasteiger partial charge in [0.2, 0.25) is 0 Å². The lowest BCUT2D eigenvalue weighted by Gasteiger charge is -2.01. The van der Waals surface area contributed by atoms with Gasteiger partial charge in [0.25, 0.3) is 6.04 Å². The van der Waals surface area contributed by atoms with Crippen molar-refractivity contribution in [2.24, 2.45) is 5.16 Å². The third kappa shape index (κ3) is 2.00. The van der Waals surface area contributed by atoms with Crippen LogP contribution in [0.2, 0.25) is 0 Å². The lowest BCUT2D eigenvalue weighted by molar-refractivity contribution is -0.498. The molecule has 0 saturated carbocycles. The van der Waals surface area contributed by atoms with Crippen LogP contribution in [0.25, 0.3) is 0 Å². The first-order valence-electron chi connectivity index (χ1n) is 2.97. The average Bonchev–Trinajstić information content (AvgIpc) is 1.90. The Bertz CT molecular complexity index is 155. The standard InChI is InChI=1S/C5H10N2O3/c1-3-5(6-8)4(2)7(9)10/h4,8H,3H2,1-2H3. The molecule has 5 heteroatoms. The van der Waals surface area contributed by atoms with Gasteiger partial charge >= 0.3 is 0 Å². The zero-order chi connectivity index (χ0) is 8.15. The Morgan fingerprint density at radius 1 is 1.90 bits per heavy atom. The van der Waals surface area contributed by atoms with E-state index < -0.39 is 11.0 Å².